The van der Waals surface area contributed by atoms with Crippen molar-refractivity contribution in [3.05, 3.63) is 83.4 Å². The van der Waals surface area contributed by atoms with Crippen LogP contribution in [0.1, 0.15) is 86.7 Å². The molecule has 4 heterocycles. The van der Waals surface area contributed by atoms with E-state index in [2.05, 4.69) is 38.5 Å². The molecule has 2 aliphatic rings. The Bertz CT molecular complexity index is 1890. The van der Waals surface area contributed by atoms with Crippen LogP contribution in [0.5, 0.6) is 11.6 Å². The fraction of sp³-hybridized carbons (Fsp3) is 0.417. The molecule has 11 nitrogen and oxygen atoms in total. The summed E-state index contributed by atoms with van der Waals surface area (Å²) in [7, 11) is -4.18. The largest absolute Gasteiger partial charge is 0.488 e. The molecule has 1 fully saturated rings. The van der Waals surface area contributed by atoms with Crippen molar-refractivity contribution in [2.45, 2.75) is 96.4 Å². The summed E-state index contributed by atoms with van der Waals surface area (Å²) in [6.45, 7) is 12.1. The topological polar surface area (TPSA) is 136 Å². The first-order valence-electron chi connectivity index (χ1n) is 16.5. The van der Waals surface area contributed by atoms with Crippen molar-refractivity contribution < 1.29 is 22.7 Å². The predicted octanol–water partition coefficient (Wildman–Crippen LogP) is 6.68. The number of nitrogens with one attached hydrogen (secondary N) is 1. The minimum Gasteiger partial charge on any atom is -0.488 e. The monoisotopic (exact) mass is 670 g/mol. The number of sulfonamides is 1. The van der Waals surface area contributed by atoms with Gasteiger partial charge in [-0.25, -0.2) is 28.1 Å². The quantitative estimate of drug-likeness (QED) is 0.238. The van der Waals surface area contributed by atoms with Gasteiger partial charge in [0.05, 0.1) is 41.2 Å². The van der Waals surface area contributed by atoms with Crippen LogP contribution in [-0.2, 0) is 10.0 Å². The molecule has 48 heavy (non-hydrogen) atoms. The summed E-state index contributed by atoms with van der Waals surface area (Å²) in [5.41, 5.74) is 3.60. The number of carbonyl (C=O) groups is 1. The minimum atomic E-state index is -4.18. The maximum atomic E-state index is 14.6. The third-order valence-corrected chi connectivity index (χ3v) is 10.0. The number of fused-ring (bicyclic) bond motifs is 5. The predicted molar refractivity (Wildman–Crippen MR) is 182 cm³/mol. The number of carbonyl (C=O) groups excluding carboxylic acids is 1. The molecule has 1 amide bonds. The first-order valence-corrected chi connectivity index (χ1v) is 17.9. The van der Waals surface area contributed by atoms with Crippen LogP contribution in [0, 0.1) is 19.8 Å². The first kappa shape index (κ1) is 33.3. The molecule has 252 valence electrons. The third kappa shape index (κ3) is 6.99. The SMILES string of the molecule is Cc1cccc(C)c1-c1cc2nc(n1)NS(=O)(=O)c1cccc(c1)C(=O)N1[C@@H](c3ncc(OC(C)C)cn3)CCC[C@H]1[C@@H](CC(C)C)O2. The number of benzene rings is 2. The van der Waals surface area contributed by atoms with E-state index in [0.717, 1.165) is 23.1 Å². The number of rotatable bonds is 6. The van der Waals surface area contributed by atoms with Gasteiger partial charge in [0.25, 0.3) is 15.9 Å². The Balaban J connectivity index is 1.53. The molecular weight excluding hydrogens is 629 g/mol. The molecule has 1 N–H and O–H groups in total. The highest BCUT2D eigenvalue weighted by molar-refractivity contribution is 7.92. The lowest BCUT2D eigenvalue weighted by atomic mass is 9.87. The smallest absolute Gasteiger partial charge is 0.264 e. The van der Waals surface area contributed by atoms with E-state index in [-0.39, 0.29) is 46.3 Å². The van der Waals surface area contributed by atoms with Crippen LogP contribution >= 0.6 is 0 Å². The van der Waals surface area contributed by atoms with Gasteiger partial charge in [0.15, 0.2) is 11.6 Å². The maximum absolute atomic E-state index is 14.6. The number of aryl methyl sites for hydroxylation is 2. The molecule has 2 aromatic heterocycles. The molecule has 4 bridgehead atoms. The normalized spacial score (nSPS) is 20.5. The highest BCUT2D eigenvalue weighted by atomic mass is 32.2. The van der Waals surface area contributed by atoms with E-state index in [0.29, 0.717) is 36.5 Å². The Morgan fingerprint density at radius 1 is 0.979 bits per heavy atom. The Kier molecular flexibility index (Phi) is 9.37. The average Bonchev–Trinajstić information content (AvgIpc) is 3.03. The fourth-order valence-corrected chi connectivity index (χ4v) is 7.67. The van der Waals surface area contributed by atoms with Crippen LogP contribution in [0.3, 0.4) is 0 Å². The number of piperidine rings is 1. The Morgan fingerprint density at radius 3 is 2.38 bits per heavy atom. The summed E-state index contributed by atoms with van der Waals surface area (Å²) in [6, 6.07) is 12.9. The number of anilines is 1. The highest BCUT2D eigenvalue weighted by Crippen LogP contribution is 2.39. The van der Waals surface area contributed by atoms with Gasteiger partial charge in [-0.1, -0.05) is 38.1 Å². The lowest BCUT2D eigenvalue weighted by molar-refractivity contribution is -0.000438. The fourth-order valence-electron chi connectivity index (χ4n) is 6.68. The third-order valence-electron chi connectivity index (χ3n) is 8.68. The van der Waals surface area contributed by atoms with Crippen molar-refractivity contribution in [1.29, 1.82) is 0 Å². The number of hydrogen-bond donors (Lipinski definition) is 1. The van der Waals surface area contributed by atoms with Crippen molar-refractivity contribution in [3.63, 3.8) is 0 Å². The summed E-state index contributed by atoms with van der Waals surface area (Å²) in [5.74, 6) is 1.04. The van der Waals surface area contributed by atoms with Gasteiger partial charge >= 0.3 is 0 Å². The van der Waals surface area contributed by atoms with Gasteiger partial charge in [0.1, 0.15) is 6.10 Å². The molecule has 1 saturated heterocycles. The second-order valence-corrected chi connectivity index (χ2v) is 15.0. The Labute approximate surface area is 282 Å². The van der Waals surface area contributed by atoms with Gasteiger partial charge < -0.3 is 14.4 Å². The van der Waals surface area contributed by atoms with Crippen LogP contribution in [0.4, 0.5) is 5.95 Å². The van der Waals surface area contributed by atoms with Crippen LogP contribution in [0.2, 0.25) is 0 Å². The lowest BCUT2D eigenvalue weighted by Gasteiger charge is -2.45. The first-order chi connectivity index (χ1) is 22.9. The van der Waals surface area contributed by atoms with Crippen LogP contribution < -0.4 is 14.2 Å². The summed E-state index contributed by atoms with van der Waals surface area (Å²) in [6.07, 6.45) is 5.49. The highest BCUT2D eigenvalue weighted by Gasteiger charge is 2.42. The minimum absolute atomic E-state index is 0.0382. The van der Waals surface area contributed by atoms with Gasteiger partial charge in [-0.2, -0.15) is 4.98 Å². The van der Waals surface area contributed by atoms with Crippen LogP contribution in [-0.4, -0.2) is 57.4 Å². The van der Waals surface area contributed by atoms with Crippen LogP contribution in [0.15, 0.2) is 65.8 Å². The van der Waals surface area contributed by atoms with Gasteiger partial charge in [-0.15, -0.1) is 0 Å². The standard InChI is InChI=1S/C36H42N6O5S/c1-21(2)16-31-29-14-9-15-30(34-37-19-26(20-38-34)46-22(3)4)42(29)35(43)25-12-8-13-27(17-25)48(44,45)41-36-39-28(18-32(40-36)47-31)33-23(5)10-7-11-24(33)6/h7-8,10-13,17-22,29-31H,9,14-16H2,1-6H3,(H,39,40,41)/t29-,30+,31+/m0/s1. The molecule has 0 saturated carbocycles. The number of nitrogens with zero attached hydrogens (tertiary/aromatic N) is 5. The summed E-state index contributed by atoms with van der Waals surface area (Å²) < 4.78 is 42.6. The molecule has 4 aromatic rings. The summed E-state index contributed by atoms with van der Waals surface area (Å²) >= 11 is 0. The molecule has 0 radical (unpaired) electrons. The number of hydrogen-bond acceptors (Lipinski definition) is 9. The van der Waals surface area contributed by atoms with E-state index in [4.69, 9.17) is 9.47 Å². The van der Waals surface area contributed by atoms with Gasteiger partial charge in [0, 0.05) is 17.2 Å². The van der Waals surface area contributed by atoms with E-state index < -0.39 is 22.2 Å². The second-order valence-electron chi connectivity index (χ2n) is 13.3. The molecule has 0 spiro atoms. The zero-order chi connectivity index (χ0) is 34.2. The van der Waals surface area contributed by atoms with E-state index in [1.54, 1.807) is 35.5 Å². The number of aromatic nitrogens is 4. The number of ether oxygens (including phenoxy) is 2. The molecule has 0 aliphatic carbocycles. The van der Waals surface area contributed by atoms with Crippen molar-refractivity contribution in [2.75, 3.05) is 4.72 Å². The molecule has 0 unspecified atom stereocenters. The van der Waals surface area contributed by atoms with Crippen molar-refractivity contribution >= 4 is 21.9 Å². The maximum Gasteiger partial charge on any atom is 0.264 e. The van der Waals surface area contributed by atoms with Crippen molar-refractivity contribution in [1.82, 2.24) is 24.8 Å². The molecule has 6 rings (SSSR count). The molecule has 2 aromatic carbocycles. The van der Waals surface area contributed by atoms with Crippen molar-refractivity contribution in [3.8, 4) is 22.9 Å². The number of amides is 1. The Morgan fingerprint density at radius 2 is 1.69 bits per heavy atom. The molecule has 2 aliphatic heterocycles. The molecule has 12 heteroatoms. The van der Waals surface area contributed by atoms with E-state index in [1.807, 2.05) is 45.9 Å². The summed E-state index contributed by atoms with van der Waals surface area (Å²) in [5, 5.41) is 0. The van der Waals surface area contributed by atoms with Gasteiger partial charge in [-0.3, -0.25) is 4.79 Å². The second kappa shape index (κ2) is 13.5. The van der Waals surface area contributed by atoms with E-state index >= 15 is 0 Å². The van der Waals surface area contributed by atoms with Gasteiger partial charge in [0.2, 0.25) is 11.8 Å². The van der Waals surface area contributed by atoms with E-state index in [9.17, 15) is 13.2 Å². The van der Waals surface area contributed by atoms with Crippen molar-refractivity contribution in [2.24, 2.45) is 5.92 Å². The van der Waals surface area contributed by atoms with Crippen LogP contribution in [0.25, 0.3) is 11.3 Å². The summed E-state index contributed by atoms with van der Waals surface area (Å²) in [4.78, 5) is 34.9. The molecule has 3 atom stereocenters. The Hall–Kier alpha value is -4.58. The van der Waals surface area contributed by atoms with Gasteiger partial charge in [-0.05, 0) is 88.6 Å². The zero-order valence-corrected chi connectivity index (χ0v) is 29.0. The average molecular weight is 671 g/mol. The van der Waals surface area contributed by atoms with E-state index in [1.165, 1.54) is 12.1 Å². The zero-order valence-electron chi connectivity index (χ0n) is 28.2. The molecular formula is C36H42N6O5S. The lowest BCUT2D eigenvalue weighted by Crippen LogP contribution is -2.53.